The molecule has 0 aliphatic carbocycles. The van der Waals surface area contributed by atoms with Crippen LogP contribution in [-0.2, 0) is 0 Å². The second kappa shape index (κ2) is 7.20. The van der Waals surface area contributed by atoms with Gasteiger partial charge in [0.15, 0.2) is 0 Å². The monoisotopic (exact) mass is 369 g/mol. The molecule has 5 rings (SSSR count). The van der Waals surface area contributed by atoms with E-state index in [-0.39, 0.29) is 5.91 Å². The Morgan fingerprint density at radius 1 is 1.28 bits per heavy atom. The first-order valence-electron chi connectivity index (χ1n) is 8.51. The Morgan fingerprint density at radius 3 is 2.64 bits per heavy atom. The van der Waals surface area contributed by atoms with Crippen molar-refractivity contribution in [2.24, 2.45) is 5.92 Å². The molecule has 1 N–H and O–H groups in total. The molecule has 1 aromatic carbocycles. The summed E-state index contributed by atoms with van der Waals surface area (Å²) in [6, 6.07) is 12.1. The number of nitriles is 1. The van der Waals surface area contributed by atoms with E-state index in [1.807, 2.05) is 35.7 Å². The Labute approximate surface area is 155 Å². The molecule has 3 fully saturated rings. The van der Waals surface area contributed by atoms with Gasteiger partial charge in [-0.1, -0.05) is 11.8 Å². The first-order chi connectivity index (χ1) is 12.2. The average Bonchev–Trinajstić information content (AvgIpc) is 3.11. The molecule has 4 nitrogen and oxygen atoms in total. The van der Waals surface area contributed by atoms with E-state index in [1.165, 1.54) is 25.9 Å². The van der Waals surface area contributed by atoms with Crippen molar-refractivity contribution in [1.82, 2.24) is 10.2 Å². The molecule has 2 aromatic rings. The number of thiophene rings is 1. The van der Waals surface area contributed by atoms with Gasteiger partial charge in [-0.2, -0.15) is 5.26 Å². The predicted octanol–water partition coefficient (Wildman–Crippen LogP) is 3.59. The van der Waals surface area contributed by atoms with Gasteiger partial charge in [-0.25, -0.2) is 0 Å². The number of nitrogens with zero attached hydrogens (tertiary/aromatic N) is 2. The molecule has 6 heteroatoms. The van der Waals surface area contributed by atoms with Crippen LogP contribution < -0.4 is 5.32 Å². The fraction of sp³-hybridized carbons (Fsp3) is 0.368. The van der Waals surface area contributed by atoms with Gasteiger partial charge in [0.1, 0.15) is 6.07 Å². The lowest BCUT2D eigenvalue weighted by Crippen LogP contribution is -2.57. The number of piperidine rings is 3. The third kappa shape index (κ3) is 3.74. The van der Waals surface area contributed by atoms with E-state index in [0.717, 1.165) is 15.6 Å². The van der Waals surface area contributed by atoms with Crippen LogP contribution >= 0.6 is 23.1 Å². The molecule has 2 bridgehead atoms. The number of rotatable bonds is 4. The molecular weight excluding hydrogens is 350 g/mol. The van der Waals surface area contributed by atoms with Crippen molar-refractivity contribution in [2.45, 2.75) is 28.0 Å². The fourth-order valence-corrected chi connectivity index (χ4v) is 5.47. The summed E-state index contributed by atoms with van der Waals surface area (Å²) in [5.74, 6) is 0.662. The quantitative estimate of drug-likeness (QED) is 0.895. The SMILES string of the molecule is N#Cc1csc(Sc2ccc(C(=O)N[C@H]3CN4CCC3CC4)cc2)c1. The molecule has 0 spiro atoms. The topological polar surface area (TPSA) is 56.1 Å². The van der Waals surface area contributed by atoms with Crippen molar-refractivity contribution < 1.29 is 4.79 Å². The highest BCUT2D eigenvalue weighted by molar-refractivity contribution is 8.01. The standard InChI is InChI=1S/C19H19N3OS2/c20-10-13-9-18(24-12-13)25-16-3-1-15(2-4-16)19(23)21-17-11-22-7-5-14(17)6-8-22/h1-4,9,12,14,17H,5-8,11H2,(H,21,23)/t17-/m0/s1. The Hall–Kier alpha value is -1.81. The molecule has 128 valence electrons. The van der Waals surface area contributed by atoms with E-state index < -0.39 is 0 Å². The van der Waals surface area contributed by atoms with Crippen LogP contribution in [0.3, 0.4) is 0 Å². The van der Waals surface area contributed by atoms with Gasteiger partial charge in [0.2, 0.25) is 0 Å². The van der Waals surface area contributed by atoms with E-state index in [2.05, 4.69) is 16.3 Å². The number of hydrogen-bond donors (Lipinski definition) is 1. The summed E-state index contributed by atoms with van der Waals surface area (Å²) < 4.78 is 1.08. The van der Waals surface area contributed by atoms with Crippen molar-refractivity contribution in [3.63, 3.8) is 0 Å². The minimum absolute atomic E-state index is 0.0261. The highest BCUT2D eigenvalue weighted by Crippen LogP contribution is 2.33. The van der Waals surface area contributed by atoms with Crippen molar-refractivity contribution in [3.8, 4) is 6.07 Å². The number of carbonyl (C=O) groups is 1. The van der Waals surface area contributed by atoms with E-state index >= 15 is 0 Å². The molecule has 1 atom stereocenters. The van der Waals surface area contributed by atoms with Gasteiger partial charge in [-0.15, -0.1) is 11.3 Å². The van der Waals surface area contributed by atoms with Gasteiger partial charge in [0, 0.05) is 28.4 Å². The molecular formula is C19H19N3OS2. The van der Waals surface area contributed by atoms with Crippen LogP contribution in [0.1, 0.15) is 28.8 Å². The van der Waals surface area contributed by atoms with E-state index in [9.17, 15) is 4.79 Å². The highest BCUT2D eigenvalue weighted by atomic mass is 32.2. The fourth-order valence-electron chi connectivity index (χ4n) is 3.60. The van der Waals surface area contributed by atoms with Gasteiger partial charge in [-0.05, 0) is 62.2 Å². The van der Waals surface area contributed by atoms with Crippen molar-refractivity contribution in [2.75, 3.05) is 19.6 Å². The van der Waals surface area contributed by atoms with Crippen LogP contribution in [0.4, 0.5) is 0 Å². The zero-order chi connectivity index (χ0) is 17.2. The number of carbonyl (C=O) groups excluding carboxylic acids is 1. The Balaban J connectivity index is 1.38. The second-order valence-electron chi connectivity index (χ2n) is 6.61. The van der Waals surface area contributed by atoms with Crippen molar-refractivity contribution >= 4 is 29.0 Å². The smallest absolute Gasteiger partial charge is 0.251 e. The first-order valence-corrected chi connectivity index (χ1v) is 10.2. The van der Waals surface area contributed by atoms with E-state index in [4.69, 9.17) is 5.26 Å². The van der Waals surface area contributed by atoms with Crippen LogP contribution in [0, 0.1) is 17.2 Å². The maximum atomic E-state index is 12.5. The summed E-state index contributed by atoms with van der Waals surface area (Å²) in [6.07, 6.45) is 2.40. The molecule has 4 heterocycles. The van der Waals surface area contributed by atoms with Gasteiger partial charge in [-0.3, -0.25) is 4.79 Å². The van der Waals surface area contributed by atoms with Gasteiger partial charge < -0.3 is 10.2 Å². The predicted molar refractivity (Wildman–Crippen MR) is 100 cm³/mol. The summed E-state index contributed by atoms with van der Waals surface area (Å²) in [5.41, 5.74) is 1.41. The molecule has 25 heavy (non-hydrogen) atoms. The van der Waals surface area contributed by atoms with Gasteiger partial charge >= 0.3 is 0 Å². The molecule has 3 aliphatic heterocycles. The number of hydrogen-bond acceptors (Lipinski definition) is 5. The number of amides is 1. The summed E-state index contributed by atoms with van der Waals surface area (Å²) in [4.78, 5) is 16.1. The van der Waals surface area contributed by atoms with Crippen LogP contribution in [0.15, 0.2) is 44.8 Å². The normalized spacial score (nSPS) is 24.7. The molecule has 3 saturated heterocycles. The second-order valence-corrected chi connectivity index (χ2v) is 8.90. The minimum atomic E-state index is 0.0261. The van der Waals surface area contributed by atoms with Crippen LogP contribution in [0.25, 0.3) is 0 Å². The zero-order valence-electron chi connectivity index (χ0n) is 13.8. The molecule has 0 unspecified atom stereocenters. The van der Waals surface area contributed by atoms with Crippen LogP contribution in [0.5, 0.6) is 0 Å². The zero-order valence-corrected chi connectivity index (χ0v) is 15.4. The van der Waals surface area contributed by atoms with Crippen molar-refractivity contribution in [1.29, 1.82) is 5.26 Å². The summed E-state index contributed by atoms with van der Waals surface area (Å²) >= 11 is 3.18. The van der Waals surface area contributed by atoms with E-state index in [1.54, 1.807) is 23.1 Å². The summed E-state index contributed by atoms with van der Waals surface area (Å²) in [7, 11) is 0. The first kappa shape index (κ1) is 16.6. The maximum absolute atomic E-state index is 12.5. The Morgan fingerprint density at radius 2 is 2.04 bits per heavy atom. The molecule has 0 radical (unpaired) electrons. The lowest BCUT2D eigenvalue weighted by Gasteiger charge is -2.44. The molecule has 0 saturated carbocycles. The third-order valence-electron chi connectivity index (χ3n) is 5.01. The highest BCUT2D eigenvalue weighted by Gasteiger charge is 2.34. The molecule has 1 aromatic heterocycles. The number of fused-ring (bicyclic) bond motifs is 3. The Kier molecular flexibility index (Phi) is 4.80. The van der Waals surface area contributed by atoms with E-state index in [0.29, 0.717) is 23.1 Å². The largest absolute Gasteiger partial charge is 0.348 e. The van der Waals surface area contributed by atoms with Gasteiger partial charge in [0.05, 0.1) is 9.77 Å². The summed E-state index contributed by atoms with van der Waals surface area (Å²) in [6.45, 7) is 3.35. The van der Waals surface area contributed by atoms with Crippen LogP contribution in [-0.4, -0.2) is 36.5 Å². The van der Waals surface area contributed by atoms with Gasteiger partial charge in [0.25, 0.3) is 5.91 Å². The van der Waals surface area contributed by atoms with Crippen molar-refractivity contribution in [3.05, 3.63) is 46.8 Å². The number of benzene rings is 1. The minimum Gasteiger partial charge on any atom is -0.348 e. The number of nitrogens with one attached hydrogen (secondary N) is 1. The lowest BCUT2D eigenvalue weighted by molar-refractivity contribution is 0.0620. The van der Waals surface area contributed by atoms with Crippen LogP contribution in [0.2, 0.25) is 0 Å². The Bertz CT molecular complexity index is 801. The summed E-state index contributed by atoms with van der Waals surface area (Å²) in [5, 5.41) is 14.0. The lowest BCUT2D eigenvalue weighted by atomic mass is 9.84. The molecule has 3 aliphatic rings. The third-order valence-corrected chi connectivity index (χ3v) is 7.10. The maximum Gasteiger partial charge on any atom is 0.251 e. The average molecular weight is 370 g/mol. The molecule has 1 amide bonds.